The standard InChI is InChI=1S/2Ba.2Na.6H. The van der Waals surface area contributed by atoms with Gasteiger partial charge in [-0.3, -0.25) is 0 Å². The van der Waals surface area contributed by atoms with Gasteiger partial charge in [-0.15, -0.1) is 0 Å². The van der Waals surface area contributed by atoms with Crippen LogP contribution in [0.5, 0.6) is 0 Å². The van der Waals surface area contributed by atoms with E-state index in [1.54, 1.807) is 0 Å². The van der Waals surface area contributed by atoms with Crippen LogP contribution in [0.2, 0.25) is 0 Å². The summed E-state index contributed by atoms with van der Waals surface area (Å²) in [6.07, 6.45) is 0. The second-order valence-electron chi connectivity index (χ2n) is 0. The fraction of sp³-hybridized carbons (Fsp3) is 0. The first-order chi connectivity index (χ1) is 0. The van der Waals surface area contributed by atoms with Crippen molar-refractivity contribution in [2.75, 3.05) is 0 Å². The van der Waals surface area contributed by atoms with Gasteiger partial charge in [-0.25, -0.2) is 0 Å². The second kappa shape index (κ2) is 15.7. The second-order valence-corrected chi connectivity index (χ2v) is 0. The Morgan fingerprint density at radius 3 is 0.500 bits per heavy atom. The van der Waals surface area contributed by atoms with Crippen LogP contribution < -0.4 is 0 Å². The Hall–Kier alpha value is 5.14. The van der Waals surface area contributed by atoms with Gasteiger partial charge in [-0.05, 0) is 0 Å². The number of hydrogen-bond donors (Lipinski definition) is 0. The van der Waals surface area contributed by atoms with Crippen LogP contribution in [0.4, 0.5) is 0 Å². The zero-order chi connectivity index (χ0) is 0. The molecule has 12 valence electrons. The average Bonchev–Trinajstić information content (AvgIpc) is 0. The molecular weight excluding hydrogens is 321 g/mol. The number of rotatable bonds is 0. The molecule has 0 N–H and O–H groups in total. The molecule has 0 aromatic carbocycles. The molecule has 0 atom stereocenters. The normalized spacial score (nSPS) is 0. The monoisotopic (exact) mass is 328 g/mol. The Balaban J connectivity index is 0. The van der Waals surface area contributed by atoms with Crippen LogP contribution in [-0.4, -0.2) is 157 Å². The Labute approximate surface area is 151 Å². The average molecular weight is 327 g/mol. The molecule has 0 spiro atoms. The maximum atomic E-state index is 0. The summed E-state index contributed by atoms with van der Waals surface area (Å²) in [5.41, 5.74) is 0. The summed E-state index contributed by atoms with van der Waals surface area (Å²) >= 11 is 0. The molecule has 0 unspecified atom stereocenters. The summed E-state index contributed by atoms with van der Waals surface area (Å²) in [6, 6.07) is 0. The SMILES string of the molecule is [BaH2].[BaH2].[NaH].[NaH]. The molecule has 0 aliphatic carbocycles. The van der Waals surface area contributed by atoms with Crippen LogP contribution in [0.15, 0.2) is 0 Å². The Kier molecular flexibility index (Phi) is 90.0. The third kappa shape index (κ3) is 10.2. The summed E-state index contributed by atoms with van der Waals surface area (Å²) in [6.45, 7) is 0. The van der Waals surface area contributed by atoms with E-state index in [0.29, 0.717) is 0 Å². The van der Waals surface area contributed by atoms with Crippen molar-refractivity contribution in [3.05, 3.63) is 0 Å². The maximum absolute atomic E-state index is 0. The quantitative estimate of drug-likeness (QED) is 0.413. The molecule has 0 rings (SSSR count). The van der Waals surface area contributed by atoms with E-state index in [2.05, 4.69) is 0 Å². The van der Waals surface area contributed by atoms with Crippen molar-refractivity contribution in [2.45, 2.75) is 0 Å². The minimum absolute atomic E-state index is 0. The van der Waals surface area contributed by atoms with Gasteiger partial charge in [-0.1, -0.05) is 0 Å². The van der Waals surface area contributed by atoms with Crippen molar-refractivity contribution in [3.8, 4) is 0 Å². The van der Waals surface area contributed by atoms with Crippen LogP contribution in [-0.2, 0) is 0 Å². The molecule has 0 bridgehead atoms. The molecule has 0 radical (unpaired) electrons. The molecule has 0 aromatic rings. The summed E-state index contributed by atoms with van der Waals surface area (Å²) in [7, 11) is 0. The van der Waals surface area contributed by atoms with E-state index in [0.717, 1.165) is 0 Å². The van der Waals surface area contributed by atoms with Crippen LogP contribution in [0, 0.1) is 0 Å². The van der Waals surface area contributed by atoms with Gasteiger partial charge < -0.3 is 0 Å². The molecule has 0 amide bonds. The van der Waals surface area contributed by atoms with Crippen molar-refractivity contribution in [3.63, 3.8) is 0 Å². The first-order valence-electron chi connectivity index (χ1n) is 0. The summed E-state index contributed by atoms with van der Waals surface area (Å²) in [5, 5.41) is 0. The molecule has 0 saturated heterocycles. The molecule has 0 nitrogen and oxygen atoms in total. The van der Waals surface area contributed by atoms with Gasteiger partial charge in [0, 0.05) is 0 Å². The Morgan fingerprint density at radius 1 is 0.500 bits per heavy atom. The predicted octanol–water partition coefficient (Wildman–Crippen LogP) is -3.13. The van der Waals surface area contributed by atoms with E-state index in [1.165, 1.54) is 0 Å². The van der Waals surface area contributed by atoms with E-state index in [-0.39, 0.29) is 157 Å². The zero-order valence-electron chi connectivity index (χ0n) is 0. The molecule has 0 heterocycles. The van der Waals surface area contributed by atoms with E-state index >= 15 is 0 Å². The molecule has 4 heteroatoms. The molecule has 0 fully saturated rings. The van der Waals surface area contributed by atoms with E-state index in [1.807, 2.05) is 0 Å². The summed E-state index contributed by atoms with van der Waals surface area (Å²) < 4.78 is 0. The van der Waals surface area contributed by atoms with Crippen molar-refractivity contribution < 1.29 is 0 Å². The van der Waals surface area contributed by atoms with Gasteiger partial charge >= 0.3 is 157 Å². The van der Waals surface area contributed by atoms with Crippen LogP contribution >= 0.6 is 0 Å². The van der Waals surface area contributed by atoms with Gasteiger partial charge in [-0.2, -0.15) is 0 Å². The molecule has 0 aromatic heterocycles. The molecule has 4 heavy (non-hydrogen) atoms. The third-order valence-electron chi connectivity index (χ3n) is 0. The van der Waals surface area contributed by atoms with Crippen molar-refractivity contribution >= 4 is 157 Å². The molecule has 0 saturated carbocycles. The topological polar surface area (TPSA) is 0 Å². The fourth-order valence-electron chi connectivity index (χ4n) is 0. The molecule has 0 aliphatic rings. The zero-order valence-corrected chi connectivity index (χ0v) is 0. The van der Waals surface area contributed by atoms with Crippen molar-refractivity contribution in [1.29, 1.82) is 0 Å². The van der Waals surface area contributed by atoms with E-state index < -0.39 is 0 Å². The van der Waals surface area contributed by atoms with E-state index in [4.69, 9.17) is 0 Å². The first-order valence-corrected chi connectivity index (χ1v) is 0. The van der Waals surface area contributed by atoms with Gasteiger partial charge in [0.25, 0.3) is 0 Å². The summed E-state index contributed by atoms with van der Waals surface area (Å²) in [4.78, 5) is 0. The minimum atomic E-state index is 0. The van der Waals surface area contributed by atoms with Crippen LogP contribution in [0.25, 0.3) is 0 Å². The van der Waals surface area contributed by atoms with Crippen molar-refractivity contribution in [1.82, 2.24) is 0 Å². The number of hydrogen-bond acceptors (Lipinski definition) is 0. The summed E-state index contributed by atoms with van der Waals surface area (Å²) in [5.74, 6) is 0. The Bertz CT molecular complexity index is 4.00. The first kappa shape index (κ1) is 22.9. The van der Waals surface area contributed by atoms with Crippen LogP contribution in [0.3, 0.4) is 0 Å². The predicted molar refractivity (Wildman–Crippen MR) is 31.4 cm³/mol. The Morgan fingerprint density at radius 2 is 0.500 bits per heavy atom. The molecular formula is H6Ba2Na2. The van der Waals surface area contributed by atoms with Gasteiger partial charge in [0.2, 0.25) is 0 Å². The van der Waals surface area contributed by atoms with Gasteiger partial charge in [0.1, 0.15) is 0 Å². The third-order valence-corrected chi connectivity index (χ3v) is 0. The van der Waals surface area contributed by atoms with Crippen molar-refractivity contribution in [2.24, 2.45) is 0 Å². The molecule has 0 aliphatic heterocycles. The van der Waals surface area contributed by atoms with Gasteiger partial charge in [0.05, 0.1) is 0 Å². The fourth-order valence-corrected chi connectivity index (χ4v) is 0. The van der Waals surface area contributed by atoms with Gasteiger partial charge in [0.15, 0.2) is 0 Å². The van der Waals surface area contributed by atoms with Crippen LogP contribution in [0.1, 0.15) is 0 Å². The van der Waals surface area contributed by atoms with E-state index in [9.17, 15) is 0 Å².